The second-order valence-electron chi connectivity index (χ2n) is 10.5. The highest BCUT2D eigenvalue weighted by atomic mass is 32.2. The minimum absolute atomic E-state index is 0.0183. The lowest BCUT2D eigenvalue weighted by Crippen LogP contribution is -2.48. The van der Waals surface area contributed by atoms with Crippen LogP contribution in [0, 0.1) is 6.92 Å². The Labute approximate surface area is 257 Å². The van der Waals surface area contributed by atoms with Crippen molar-refractivity contribution in [1.29, 1.82) is 0 Å². The molecule has 5 rings (SSSR count). The van der Waals surface area contributed by atoms with Crippen molar-refractivity contribution in [3.05, 3.63) is 71.8 Å². The molecule has 1 aliphatic heterocycles. The largest absolute Gasteiger partial charge is 0.497 e. The van der Waals surface area contributed by atoms with Crippen LogP contribution in [-0.4, -0.2) is 89.2 Å². The van der Waals surface area contributed by atoms with Crippen molar-refractivity contribution in [3.8, 4) is 23.0 Å². The minimum Gasteiger partial charge on any atom is -0.497 e. The highest BCUT2D eigenvalue weighted by Crippen LogP contribution is 2.32. The first-order chi connectivity index (χ1) is 21.1. The first-order valence-electron chi connectivity index (χ1n) is 14.2. The number of hydrogen-bond acceptors (Lipinski definition) is 12. The summed E-state index contributed by atoms with van der Waals surface area (Å²) in [5.74, 6) is 3.31. The summed E-state index contributed by atoms with van der Waals surface area (Å²) in [5.41, 5.74) is 3.42. The SMILES string of the molecule is COc1ccc(CNc2nc(C)nc(-c3cc(C(C)N4CCN(S(C)(=O)=O)CC4)cnc3Nc3ccc(OC)nc3)n2)cc1. The lowest BCUT2D eigenvalue weighted by Gasteiger charge is -2.37. The Hall–Kier alpha value is -4.40. The molecule has 1 unspecified atom stereocenters. The predicted octanol–water partition coefficient (Wildman–Crippen LogP) is 3.65. The van der Waals surface area contributed by atoms with E-state index in [0.717, 1.165) is 22.6 Å². The maximum atomic E-state index is 12.0. The lowest BCUT2D eigenvalue weighted by molar-refractivity contribution is 0.146. The molecule has 1 atom stereocenters. The van der Waals surface area contributed by atoms with E-state index >= 15 is 0 Å². The molecule has 3 aromatic heterocycles. The highest BCUT2D eigenvalue weighted by Gasteiger charge is 2.27. The van der Waals surface area contributed by atoms with Crippen LogP contribution in [0.5, 0.6) is 11.6 Å². The summed E-state index contributed by atoms with van der Waals surface area (Å²) in [6.45, 7) is 6.57. The lowest BCUT2D eigenvalue weighted by atomic mass is 10.1. The van der Waals surface area contributed by atoms with Gasteiger partial charge >= 0.3 is 0 Å². The predicted molar refractivity (Wildman–Crippen MR) is 169 cm³/mol. The molecule has 1 fully saturated rings. The molecule has 14 heteroatoms. The number of nitrogens with one attached hydrogen (secondary N) is 2. The molecule has 232 valence electrons. The van der Waals surface area contributed by atoms with E-state index < -0.39 is 10.0 Å². The minimum atomic E-state index is -3.22. The molecule has 0 spiro atoms. The summed E-state index contributed by atoms with van der Waals surface area (Å²) in [6, 6.07) is 13.4. The molecule has 0 radical (unpaired) electrons. The zero-order chi connectivity index (χ0) is 31.3. The first-order valence-corrected chi connectivity index (χ1v) is 16.0. The van der Waals surface area contributed by atoms with E-state index in [1.807, 2.05) is 49.5 Å². The summed E-state index contributed by atoms with van der Waals surface area (Å²) in [6.07, 6.45) is 4.75. The number of nitrogens with zero attached hydrogens (tertiary/aromatic N) is 7. The van der Waals surface area contributed by atoms with E-state index in [1.165, 1.54) is 10.6 Å². The number of piperazine rings is 1. The Morgan fingerprint density at radius 2 is 1.68 bits per heavy atom. The monoisotopic (exact) mass is 619 g/mol. The van der Waals surface area contributed by atoms with Crippen molar-refractivity contribution in [2.75, 3.05) is 57.3 Å². The zero-order valence-corrected chi connectivity index (χ0v) is 26.3. The summed E-state index contributed by atoms with van der Waals surface area (Å²) < 4.78 is 36.0. The van der Waals surface area contributed by atoms with Gasteiger partial charge in [0.2, 0.25) is 21.9 Å². The standard InChI is InChI=1S/C30H37N9O4S/c1-20(38-12-14-39(15-13-38)44(5,40)41)23-16-26(28(32-18-23)36-24-8-11-27(43-4)31-19-24)29-34-21(2)35-30(37-29)33-17-22-6-9-25(42-3)10-7-22/h6-11,16,18-20H,12-15,17H2,1-5H3,(H,32,36)(H,33,34,35,37). The van der Waals surface area contributed by atoms with Gasteiger partial charge in [0.15, 0.2) is 5.82 Å². The van der Waals surface area contributed by atoms with E-state index in [0.29, 0.717) is 67.6 Å². The fourth-order valence-electron chi connectivity index (χ4n) is 4.93. The molecule has 0 saturated carbocycles. The molecule has 0 aliphatic carbocycles. The summed E-state index contributed by atoms with van der Waals surface area (Å²) in [4.78, 5) is 25.3. The van der Waals surface area contributed by atoms with Gasteiger partial charge in [-0.2, -0.15) is 14.3 Å². The number of sulfonamides is 1. The van der Waals surface area contributed by atoms with E-state index in [1.54, 1.807) is 26.5 Å². The van der Waals surface area contributed by atoms with Gasteiger partial charge in [0.05, 0.1) is 37.9 Å². The van der Waals surface area contributed by atoms with Crippen LogP contribution in [-0.2, 0) is 16.6 Å². The number of methoxy groups -OCH3 is 2. The highest BCUT2D eigenvalue weighted by molar-refractivity contribution is 7.88. The number of rotatable bonds is 11. The third-order valence-electron chi connectivity index (χ3n) is 7.49. The number of hydrogen-bond donors (Lipinski definition) is 2. The van der Waals surface area contributed by atoms with Crippen LogP contribution in [0.2, 0.25) is 0 Å². The van der Waals surface area contributed by atoms with Crippen molar-refractivity contribution in [2.45, 2.75) is 26.4 Å². The maximum Gasteiger partial charge on any atom is 0.226 e. The molecule has 1 aromatic carbocycles. The fourth-order valence-corrected chi connectivity index (χ4v) is 5.76. The van der Waals surface area contributed by atoms with Gasteiger partial charge in [-0.15, -0.1) is 0 Å². The molecule has 1 saturated heterocycles. The summed E-state index contributed by atoms with van der Waals surface area (Å²) >= 11 is 0. The Morgan fingerprint density at radius 3 is 2.32 bits per heavy atom. The van der Waals surface area contributed by atoms with Gasteiger partial charge in [-0.1, -0.05) is 12.1 Å². The summed E-state index contributed by atoms with van der Waals surface area (Å²) in [5, 5.41) is 6.66. The van der Waals surface area contributed by atoms with Crippen LogP contribution >= 0.6 is 0 Å². The number of benzene rings is 1. The third-order valence-corrected chi connectivity index (χ3v) is 8.79. The number of ether oxygens (including phenoxy) is 2. The molecule has 0 amide bonds. The molecule has 4 heterocycles. The zero-order valence-electron chi connectivity index (χ0n) is 25.5. The molecular formula is C30H37N9O4S. The number of anilines is 3. The van der Waals surface area contributed by atoms with E-state index in [2.05, 4.69) is 37.4 Å². The second kappa shape index (κ2) is 13.5. The van der Waals surface area contributed by atoms with Gasteiger partial charge in [0.1, 0.15) is 17.4 Å². The van der Waals surface area contributed by atoms with Gasteiger partial charge in [0, 0.05) is 51.0 Å². The Balaban J connectivity index is 1.44. The van der Waals surface area contributed by atoms with Gasteiger partial charge in [-0.25, -0.2) is 23.4 Å². The normalized spacial score (nSPS) is 15.0. The van der Waals surface area contributed by atoms with Crippen LogP contribution in [0.15, 0.2) is 54.9 Å². The average molecular weight is 620 g/mol. The van der Waals surface area contributed by atoms with Crippen LogP contribution in [0.25, 0.3) is 11.4 Å². The van der Waals surface area contributed by atoms with Crippen molar-refractivity contribution in [2.24, 2.45) is 0 Å². The van der Waals surface area contributed by atoms with E-state index in [-0.39, 0.29) is 6.04 Å². The van der Waals surface area contributed by atoms with Crippen molar-refractivity contribution < 1.29 is 17.9 Å². The smallest absolute Gasteiger partial charge is 0.226 e. The maximum absolute atomic E-state index is 12.0. The van der Waals surface area contributed by atoms with Crippen LogP contribution < -0.4 is 20.1 Å². The van der Waals surface area contributed by atoms with Crippen molar-refractivity contribution >= 4 is 27.5 Å². The van der Waals surface area contributed by atoms with Gasteiger partial charge < -0.3 is 20.1 Å². The molecular weight excluding hydrogens is 582 g/mol. The van der Waals surface area contributed by atoms with Crippen molar-refractivity contribution in [1.82, 2.24) is 34.1 Å². The molecule has 4 aromatic rings. The molecule has 1 aliphatic rings. The van der Waals surface area contributed by atoms with Gasteiger partial charge in [-0.05, 0) is 49.2 Å². The Kier molecular flexibility index (Phi) is 9.52. The Bertz CT molecular complexity index is 1680. The van der Waals surface area contributed by atoms with Crippen LogP contribution in [0.4, 0.5) is 17.5 Å². The number of aromatic nitrogens is 5. The number of aryl methyl sites for hydroxylation is 1. The molecule has 13 nitrogen and oxygen atoms in total. The third kappa shape index (κ3) is 7.56. The fraction of sp³-hybridized carbons (Fsp3) is 0.367. The van der Waals surface area contributed by atoms with Crippen LogP contribution in [0.1, 0.15) is 29.9 Å². The quantitative estimate of drug-likeness (QED) is 0.253. The van der Waals surface area contributed by atoms with Gasteiger partial charge in [0.25, 0.3) is 0 Å². The van der Waals surface area contributed by atoms with Crippen LogP contribution in [0.3, 0.4) is 0 Å². The molecule has 44 heavy (non-hydrogen) atoms. The van der Waals surface area contributed by atoms with E-state index in [4.69, 9.17) is 19.4 Å². The van der Waals surface area contributed by atoms with Gasteiger partial charge in [-0.3, -0.25) is 4.90 Å². The average Bonchev–Trinajstić information content (AvgIpc) is 3.03. The topological polar surface area (TPSA) is 148 Å². The second-order valence-corrected chi connectivity index (χ2v) is 12.5. The Morgan fingerprint density at radius 1 is 0.932 bits per heavy atom. The molecule has 0 bridgehead atoms. The number of pyridine rings is 2. The molecule has 2 N–H and O–H groups in total. The first kappa shape index (κ1) is 31.0. The van der Waals surface area contributed by atoms with Crippen molar-refractivity contribution in [3.63, 3.8) is 0 Å². The summed E-state index contributed by atoms with van der Waals surface area (Å²) in [7, 11) is -0.00923. The van der Waals surface area contributed by atoms with E-state index in [9.17, 15) is 8.42 Å².